The standard InChI is InChI=1S/C6H13N.C5H10.ClH.Fe/c7-5-6-3-1-2-4-6;1-2-4-5-3-1;;/h6H,1-5,7H2;1-5H2;1H;. The molecule has 2 N–H and O–H groups in total. The van der Waals surface area contributed by atoms with Crippen LogP contribution in [0.4, 0.5) is 0 Å². The zero-order valence-electron chi connectivity index (χ0n) is 8.99. The van der Waals surface area contributed by atoms with Crippen molar-refractivity contribution in [2.24, 2.45) is 11.7 Å². The monoisotopic (exact) mass is 261 g/mol. The molecular formula is C11H24ClFeN. The van der Waals surface area contributed by atoms with E-state index in [2.05, 4.69) is 0 Å². The zero-order valence-corrected chi connectivity index (χ0v) is 10.9. The molecule has 88 valence electrons. The van der Waals surface area contributed by atoms with Crippen LogP contribution in [-0.2, 0) is 17.1 Å². The largest absolute Gasteiger partial charge is 0.330 e. The van der Waals surface area contributed by atoms with Crippen LogP contribution >= 0.6 is 12.4 Å². The maximum atomic E-state index is 5.43. The molecule has 0 spiro atoms. The molecule has 2 aliphatic carbocycles. The quantitative estimate of drug-likeness (QED) is 0.718. The van der Waals surface area contributed by atoms with Gasteiger partial charge in [-0.05, 0) is 25.3 Å². The Labute approximate surface area is 105 Å². The van der Waals surface area contributed by atoms with Gasteiger partial charge in [-0.1, -0.05) is 44.9 Å². The van der Waals surface area contributed by atoms with E-state index >= 15 is 0 Å². The van der Waals surface area contributed by atoms with E-state index in [9.17, 15) is 0 Å². The summed E-state index contributed by atoms with van der Waals surface area (Å²) in [6.07, 6.45) is 13.1. The van der Waals surface area contributed by atoms with E-state index in [0.717, 1.165) is 12.5 Å². The van der Waals surface area contributed by atoms with Crippen molar-refractivity contribution in [3.05, 3.63) is 0 Å². The summed E-state index contributed by atoms with van der Waals surface area (Å²) < 4.78 is 0. The van der Waals surface area contributed by atoms with Crippen molar-refractivity contribution in [3.8, 4) is 0 Å². The van der Waals surface area contributed by atoms with Gasteiger partial charge in [0.05, 0.1) is 0 Å². The molecule has 0 radical (unpaired) electrons. The Morgan fingerprint density at radius 3 is 1.36 bits per heavy atom. The predicted molar refractivity (Wildman–Crippen MR) is 61.3 cm³/mol. The number of hydrogen-bond donors (Lipinski definition) is 1. The average molecular weight is 262 g/mol. The summed E-state index contributed by atoms with van der Waals surface area (Å²) in [5.41, 5.74) is 5.43. The van der Waals surface area contributed by atoms with E-state index in [1.165, 1.54) is 57.8 Å². The van der Waals surface area contributed by atoms with Crippen molar-refractivity contribution >= 4 is 12.4 Å². The number of nitrogens with two attached hydrogens (primary N) is 1. The van der Waals surface area contributed by atoms with Gasteiger partial charge in [-0.2, -0.15) is 0 Å². The van der Waals surface area contributed by atoms with Gasteiger partial charge in [0, 0.05) is 17.1 Å². The first-order valence-electron chi connectivity index (χ1n) is 5.63. The molecule has 0 aliphatic heterocycles. The second kappa shape index (κ2) is 11.8. The second-order valence-electron chi connectivity index (χ2n) is 4.15. The first-order chi connectivity index (χ1) is 5.93. The molecule has 0 aromatic heterocycles. The molecule has 3 heteroatoms. The average Bonchev–Trinajstić information content (AvgIpc) is 2.81. The summed E-state index contributed by atoms with van der Waals surface area (Å²) in [5.74, 6) is 0.875. The fourth-order valence-corrected chi connectivity index (χ4v) is 2.13. The van der Waals surface area contributed by atoms with Crippen molar-refractivity contribution in [3.63, 3.8) is 0 Å². The maximum Gasteiger partial charge on any atom is 0 e. The van der Waals surface area contributed by atoms with Crippen LogP contribution in [0.25, 0.3) is 0 Å². The zero-order chi connectivity index (χ0) is 8.65. The normalized spacial score (nSPS) is 20.4. The Morgan fingerprint density at radius 1 is 0.786 bits per heavy atom. The van der Waals surface area contributed by atoms with Gasteiger partial charge in [0.2, 0.25) is 0 Å². The van der Waals surface area contributed by atoms with Gasteiger partial charge < -0.3 is 5.73 Å². The van der Waals surface area contributed by atoms with Gasteiger partial charge in [-0.3, -0.25) is 0 Å². The third kappa shape index (κ3) is 8.11. The minimum atomic E-state index is 0. The summed E-state index contributed by atoms with van der Waals surface area (Å²) in [6, 6.07) is 0. The van der Waals surface area contributed by atoms with Crippen molar-refractivity contribution in [1.29, 1.82) is 0 Å². The Morgan fingerprint density at radius 2 is 1.14 bits per heavy atom. The van der Waals surface area contributed by atoms with E-state index in [0.29, 0.717) is 0 Å². The Kier molecular flexibility index (Phi) is 14.5. The molecule has 0 bridgehead atoms. The Balaban J connectivity index is 0. The summed E-state index contributed by atoms with van der Waals surface area (Å²) in [6.45, 7) is 0.917. The van der Waals surface area contributed by atoms with Gasteiger partial charge in [-0.15, -0.1) is 12.4 Å². The first-order valence-corrected chi connectivity index (χ1v) is 5.63. The molecule has 1 nitrogen and oxygen atoms in total. The molecule has 2 rings (SSSR count). The minimum absolute atomic E-state index is 0. The Bertz CT molecular complexity index is 93.9. The minimum Gasteiger partial charge on any atom is -0.330 e. The third-order valence-electron chi connectivity index (χ3n) is 3.06. The van der Waals surface area contributed by atoms with Crippen molar-refractivity contribution < 1.29 is 17.1 Å². The van der Waals surface area contributed by atoms with Crippen LogP contribution in [0.15, 0.2) is 0 Å². The molecule has 14 heavy (non-hydrogen) atoms. The van der Waals surface area contributed by atoms with Gasteiger partial charge in [0.15, 0.2) is 0 Å². The van der Waals surface area contributed by atoms with Crippen LogP contribution in [0.5, 0.6) is 0 Å². The molecule has 0 unspecified atom stereocenters. The van der Waals surface area contributed by atoms with Gasteiger partial charge in [0.1, 0.15) is 0 Å². The van der Waals surface area contributed by atoms with E-state index in [1.54, 1.807) is 0 Å². The van der Waals surface area contributed by atoms with Crippen LogP contribution in [0.3, 0.4) is 0 Å². The summed E-state index contributed by atoms with van der Waals surface area (Å²) in [7, 11) is 0. The number of hydrogen-bond acceptors (Lipinski definition) is 1. The third-order valence-corrected chi connectivity index (χ3v) is 3.06. The molecule has 0 aromatic rings. The number of rotatable bonds is 1. The van der Waals surface area contributed by atoms with Gasteiger partial charge >= 0.3 is 0 Å². The van der Waals surface area contributed by atoms with Gasteiger partial charge in [-0.25, -0.2) is 0 Å². The summed E-state index contributed by atoms with van der Waals surface area (Å²) >= 11 is 0. The summed E-state index contributed by atoms with van der Waals surface area (Å²) in [5, 5.41) is 0. The van der Waals surface area contributed by atoms with Crippen molar-refractivity contribution in [1.82, 2.24) is 0 Å². The molecule has 0 saturated heterocycles. The maximum absolute atomic E-state index is 5.43. The SMILES string of the molecule is C1CCCC1.Cl.NCC1CCCC1.[Fe]. The van der Waals surface area contributed by atoms with Crippen LogP contribution < -0.4 is 5.73 Å². The van der Waals surface area contributed by atoms with E-state index in [-0.39, 0.29) is 29.5 Å². The number of halogens is 1. The van der Waals surface area contributed by atoms with E-state index in [1.807, 2.05) is 0 Å². The fourth-order valence-electron chi connectivity index (χ4n) is 2.13. The second-order valence-corrected chi connectivity index (χ2v) is 4.15. The summed E-state index contributed by atoms with van der Waals surface area (Å²) in [4.78, 5) is 0. The van der Waals surface area contributed by atoms with Crippen molar-refractivity contribution in [2.45, 2.75) is 57.8 Å². The van der Waals surface area contributed by atoms with Crippen LogP contribution in [0, 0.1) is 5.92 Å². The molecular weight excluding hydrogens is 237 g/mol. The van der Waals surface area contributed by atoms with Crippen LogP contribution in [0.2, 0.25) is 0 Å². The molecule has 2 fully saturated rings. The smallest absolute Gasteiger partial charge is 0 e. The van der Waals surface area contributed by atoms with Crippen LogP contribution in [0.1, 0.15) is 57.8 Å². The predicted octanol–water partition coefficient (Wildman–Crippen LogP) is 3.51. The topological polar surface area (TPSA) is 26.0 Å². The first kappa shape index (κ1) is 17.2. The fraction of sp³-hybridized carbons (Fsp3) is 1.00. The molecule has 2 aliphatic rings. The molecule has 0 atom stereocenters. The Hall–Kier alpha value is 0.769. The van der Waals surface area contributed by atoms with Gasteiger partial charge in [0.25, 0.3) is 0 Å². The molecule has 2 saturated carbocycles. The van der Waals surface area contributed by atoms with E-state index < -0.39 is 0 Å². The van der Waals surface area contributed by atoms with Crippen LogP contribution in [-0.4, -0.2) is 6.54 Å². The molecule has 0 heterocycles. The molecule has 0 aromatic carbocycles. The van der Waals surface area contributed by atoms with E-state index in [4.69, 9.17) is 5.73 Å². The van der Waals surface area contributed by atoms with Crippen molar-refractivity contribution in [2.75, 3.05) is 6.54 Å². The molecule has 0 amide bonds.